The predicted molar refractivity (Wildman–Crippen MR) is 99.4 cm³/mol. The number of anilines is 1. The minimum atomic E-state index is 0.146. The van der Waals surface area contributed by atoms with Crippen molar-refractivity contribution in [3.8, 4) is 0 Å². The van der Waals surface area contributed by atoms with Gasteiger partial charge in [-0.25, -0.2) is 9.97 Å². The Balaban J connectivity index is 1.71. The van der Waals surface area contributed by atoms with Crippen LogP contribution in [-0.2, 0) is 0 Å². The molecule has 0 saturated heterocycles. The second-order valence-corrected chi connectivity index (χ2v) is 7.41. The fourth-order valence-electron chi connectivity index (χ4n) is 3.08. The van der Waals surface area contributed by atoms with E-state index in [2.05, 4.69) is 21.0 Å². The Kier molecular flexibility index (Phi) is 6.28. The number of nitrogen functional groups attached to an aromatic ring is 1. The molecule has 4 N–H and O–H groups in total. The van der Waals surface area contributed by atoms with Crippen LogP contribution in [0.2, 0.25) is 0 Å². The van der Waals surface area contributed by atoms with E-state index < -0.39 is 0 Å². The quantitative estimate of drug-likeness (QED) is 0.271. The first-order valence-electron chi connectivity index (χ1n) is 8.75. The highest BCUT2D eigenvalue weighted by atomic mass is 32.2. The van der Waals surface area contributed by atoms with E-state index >= 15 is 0 Å². The summed E-state index contributed by atoms with van der Waals surface area (Å²) in [5.41, 5.74) is 7.45. The molecule has 0 fully saturated rings. The molecule has 2 atom stereocenters. The van der Waals surface area contributed by atoms with E-state index in [0.717, 1.165) is 54.0 Å². The molecule has 0 spiro atoms. The van der Waals surface area contributed by atoms with Crippen LogP contribution in [0.25, 0.3) is 11.2 Å². The number of rotatable bonds is 9. The fourth-order valence-corrected chi connectivity index (χ4v) is 4.06. The number of hydrogen-bond donors (Lipinski definition) is 3. The first-order chi connectivity index (χ1) is 12.2. The summed E-state index contributed by atoms with van der Waals surface area (Å²) in [6.45, 7) is 0.425. The van der Waals surface area contributed by atoms with Gasteiger partial charge in [0.15, 0.2) is 5.65 Å². The molecule has 7 nitrogen and oxygen atoms in total. The minimum absolute atomic E-state index is 0.146. The summed E-state index contributed by atoms with van der Waals surface area (Å²) in [6.07, 6.45) is 10.9. The Hall–Kier alpha value is -1.64. The average Bonchev–Trinajstić information content (AvgIpc) is 3.24. The molecule has 2 aromatic rings. The Bertz CT molecular complexity index is 733. The predicted octanol–water partition coefficient (Wildman–Crippen LogP) is 2.16. The maximum absolute atomic E-state index is 9.32. The van der Waals surface area contributed by atoms with Crippen molar-refractivity contribution in [2.24, 2.45) is 5.92 Å². The zero-order valence-corrected chi connectivity index (χ0v) is 15.0. The van der Waals surface area contributed by atoms with Crippen LogP contribution in [0.5, 0.6) is 0 Å². The number of nitrogens with zero attached hydrogens (tertiary/aromatic N) is 4. The number of thioether (sulfide) groups is 1. The second-order valence-electron chi connectivity index (χ2n) is 6.33. The van der Waals surface area contributed by atoms with Gasteiger partial charge in [-0.3, -0.25) is 0 Å². The Morgan fingerprint density at radius 3 is 2.76 bits per heavy atom. The number of aliphatic hydroxyl groups excluding tert-OH is 2. The van der Waals surface area contributed by atoms with Crippen molar-refractivity contribution in [2.75, 3.05) is 24.7 Å². The van der Waals surface area contributed by atoms with Crippen molar-refractivity contribution < 1.29 is 10.2 Å². The number of aromatic nitrogens is 4. The van der Waals surface area contributed by atoms with E-state index in [1.54, 1.807) is 18.1 Å². The maximum Gasteiger partial charge on any atom is 0.223 e. The van der Waals surface area contributed by atoms with E-state index in [-0.39, 0.29) is 31.1 Å². The molecule has 0 unspecified atom stereocenters. The van der Waals surface area contributed by atoms with Crippen LogP contribution < -0.4 is 5.73 Å². The maximum atomic E-state index is 9.32. The van der Waals surface area contributed by atoms with Gasteiger partial charge in [-0.2, -0.15) is 4.98 Å². The van der Waals surface area contributed by atoms with Gasteiger partial charge in [-0.15, -0.1) is 11.8 Å². The summed E-state index contributed by atoms with van der Waals surface area (Å²) in [6, 6.07) is 0.146. The van der Waals surface area contributed by atoms with Crippen LogP contribution in [0.1, 0.15) is 38.1 Å². The standard InChI is InChI=1S/C17H25N5O2S/c18-17-20-15-14(16(21-17)25-8-4-2-1-3-7-23)19-11-22(15)13-6-5-12(9-13)10-24/h5-6,11-13,23-24H,1-4,7-10H2,(H2,18,20,21)/t12-,13+/m1/s1. The lowest BCUT2D eigenvalue weighted by Crippen LogP contribution is -2.08. The van der Waals surface area contributed by atoms with Crippen LogP contribution in [0, 0.1) is 5.92 Å². The normalized spacial score (nSPS) is 19.9. The van der Waals surface area contributed by atoms with Gasteiger partial charge < -0.3 is 20.5 Å². The van der Waals surface area contributed by atoms with Crippen LogP contribution in [0.15, 0.2) is 23.5 Å². The zero-order chi connectivity index (χ0) is 17.6. The third-order valence-electron chi connectivity index (χ3n) is 4.44. The molecule has 0 aliphatic heterocycles. The van der Waals surface area contributed by atoms with E-state index in [0.29, 0.717) is 0 Å². The highest BCUT2D eigenvalue weighted by molar-refractivity contribution is 7.99. The van der Waals surface area contributed by atoms with E-state index in [9.17, 15) is 5.11 Å². The SMILES string of the molecule is Nc1nc(SCCCCCCO)c2ncn([C@H]3C=C[C@@H](CO)C3)c2n1. The molecule has 0 amide bonds. The first-order valence-corrected chi connectivity index (χ1v) is 9.74. The summed E-state index contributed by atoms with van der Waals surface area (Å²) in [7, 11) is 0. The topological polar surface area (TPSA) is 110 Å². The lowest BCUT2D eigenvalue weighted by Gasteiger charge is -2.13. The van der Waals surface area contributed by atoms with E-state index in [1.165, 1.54) is 0 Å². The van der Waals surface area contributed by atoms with Crippen molar-refractivity contribution in [2.45, 2.75) is 43.2 Å². The molecule has 0 aromatic carbocycles. The molecule has 3 rings (SSSR count). The van der Waals surface area contributed by atoms with Gasteiger partial charge in [0.1, 0.15) is 10.5 Å². The second kappa shape index (κ2) is 8.64. The minimum Gasteiger partial charge on any atom is -0.396 e. The molecule has 136 valence electrons. The number of fused-ring (bicyclic) bond motifs is 1. The molecule has 0 radical (unpaired) electrons. The molecule has 0 bridgehead atoms. The van der Waals surface area contributed by atoms with E-state index in [4.69, 9.17) is 10.8 Å². The summed E-state index contributed by atoms with van der Waals surface area (Å²) in [4.78, 5) is 13.3. The summed E-state index contributed by atoms with van der Waals surface area (Å²) < 4.78 is 2.02. The van der Waals surface area contributed by atoms with E-state index in [1.807, 2.05) is 10.6 Å². The average molecular weight is 363 g/mol. The Morgan fingerprint density at radius 2 is 2.00 bits per heavy atom. The lowest BCUT2D eigenvalue weighted by atomic mass is 10.1. The van der Waals surface area contributed by atoms with Gasteiger partial charge in [-0.1, -0.05) is 25.0 Å². The van der Waals surface area contributed by atoms with Crippen molar-refractivity contribution in [3.63, 3.8) is 0 Å². The molecular weight excluding hydrogens is 338 g/mol. The largest absolute Gasteiger partial charge is 0.396 e. The fraction of sp³-hybridized carbons (Fsp3) is 0.588. The molecule has 0 saturated carbocycles. The summed E-state index contributed by atoms with van der Waals surface area (Å²) in [5, 5.41) is 19.0. The number of aliphatic hydroxyl groups is 2. The van der Waals surface area contributed by atoms with Crippen molar-refractivity contribution in [1.82, 2.24) is 19.5 Å². The number of unbranched alkanes of at least 4 members (excludes halogenated alkanes) is 3. The Labute approximate surface area is 151 Å². The highest BCUT2D eigenvalue weighted by Crippen LogP contribution is 2.32. The van der Waals surface area contributed by atoms with Gasteiger partial charge in [0, 0.05) is 19.1 Å². The lowest BCUT2D eigenvalue weighted by molar-refractivity contribution is 0.244. The molecule has 1 aliphatic carbocycles. The van der Waals surface area contributed by atoms with Crippen LogP contribution in [-0.4, -0.2) is 48.7 Å². The molecule has 25 heavy (non-hydrogen) atoms. The van der Waals surface area contributed by atoms with Crippen molar-refractivity contribution in [1.29, 1.82) is 0 Å². The smallest absolute Gasteiger partial charge is 0.223 e. The molecular formula is C17H25N5O2S. The monoisotopic (exact) mass is 363 g/mol. The number of hydrogen-bond acceptors (Lipinski definition) is 7. The Morgan fingerprint density at radius 1 is 1.16 bits per heavy atom. The van der Waals surface area contributed by atoms with Gasteiger partial charge in [0.25, 0.3) is 0 Å². The molecule has 2 heterocycles. The summed E-state index contributed by atoms with van der Waals surface area (Å²) in [5.74, 6) is 1.40. The number of imidazole rings is 1. The first kappa shape index (κ1) is 18.2. The van der Waals surface area contributed by atoms with Gasteiger partial charge in [0.2, 0.25) is 5.95 Å². The molecule has 2 aromatic heterocycles. The molecule has 1 aliphatic rings. The van der Waals surface area contributed by atoms with Crippen LogP contribution in [0.3, 0.4) is 0 Å². The highest BCUT2D eigenvalue weighted by Gasteiger charge is 2.23. The van der Waals surface area contributed by atoms with Gasteiger partial charge in [-0.05, 0) is 25.0 Å². The third-order valence-corrected chi connectivity index (χ3v) is 5.49. The van der Waals surface area contributed by atoms with Crippen molar-refractivity contribution in [3.05, 3.63) is 18.5 Å². The molecule has 8 heteroatoms. The third kappa shape index (κ3) is 4.31. The number of nitrogens with two attached hydrogens (primary N) is 1. The summed E-state index contributed by atoms with van der Waals surface area (Å²) >= 11 is 1.66. The number of allylic oxidation sites excluding steroid dienone is 1. The van der Waals surface area contributed by atoms with Gasteiger partial charge in [0.05, 0.1) is 12.4 Å². The van der Waals surface area contributed by atoms with Crippen LogP contribution in [0.4, 0.5) is 5.95 Å². The van der Waals surface area contributed by atoms with Gasteiger partial charge >= 0.3 is 0 Å². The van der Waals surface area contributed by atoms with Crippen molar-refractivity contribution >= 4 is 28.9 Å². The van der Waals surface area contributed by atoms with Crippen LogP contribution >= 0.6 is 11.8 Å². The zero-order valence-electron chi connectivity index (χ0n) is 14.2.